The fourth-order valence-corrected chi connectivity index (χ4v) is 2.37. The number of carbonyl (C=O) groups is 4. The summed E-state index contributed by atoms with van der Waals surface area (Å²) in [6.45, 7) is 7.08. The van der Waals surface area contributed by atoms with Gasteiger partial charge in [0.15, 0.2) is 0 Å². The molecule has 0 radical (unpaired) electrons. The minimum atomic E-state index is -0.938. The van der Waals surface area contributed by atoms with Crippen LogP contribution in [0.5, 0.6) is 0 Å². The molecule has 0 unspecified atom stereocenters. The third-order valence-corrected chi connectivity index (χ3v) is 3.80. The molecule has 1 aromatic carbocycles. The normalized spacial score (nSPS) is 10.9. The first kappa shape index (κ1) is 27.0. The number of nitrogens with zero attached hydrogens (tertiary/aromatic N) is 1. The van der Waals surface area contributed by atoms with Crippen molar-refractivity contribution >= 4 is 37.3 Å². The molecule has 30 heavy (non-hydrogen) atoms. The van der Waals surface area contributed by atoms with Crippen LogP contribution >= 0.6 is 13.5 Å². The van der Waals surface area contributed by atoms with Gasteiger partial charge >= 0.3 is 6.09 Å². The number of hydrogen-bond acceptors (Lipinski definition) is 5. The number of hydrazine groups is 1. The van der Waals surface area contributed by atoms with Crippen LogP contribution in [0.4, 0.5) is 4.79 Å². The molecule has 10 heteroatoms. The Morgan fingerprint density at radius 1 is 1.20 bits per heavy atom. The molecule has 0 saturated heterocycles. The third-order valence-electron chi connectivity index (χ3n) is 3.80. The van der Waals surface area contributed by atoms with Crippen molar-refractivity contribution in [3.8, 4) is 0 Å². The first-order valence-electron chi connectivity index (χ1n) is 9.22. The Bertz CT molecular complexity index is 727. The molecule has 9 nitrogen and oxygen atoms in total. The lowest BCUT2D eigenvalue weighted by Crippen LogP contribution is -2.54. The summed E-state index contributed by atoms with van der Waals surface area (Å²) in [7, 11) is 0. The lowest BCUT2D eigenvalue weighted by Gasteiger charge is -2.26. The highest BCUT2D eigenvalue weighted by Crippen LogP contribution is 2.07. The first-order chi connectivity index (χ1) is 13.7. The van der Waals surface area contributed by atoms with Crippen LogP contribution < -0.4 is 16.5 Å². The Morgan fingerprint density at radius 2 is 1.83 bits per heavy atom. The van der Waals surface area contributed by atoms with Crippen molar-refractivity contribution in [3.63, 3.8) is 0 Å². The average Bonchev–Trinajstić information content (AvgIpc) is 2.68. The minimum Gasteiger partial charge on any atom is -0.445 e. The van der Waals surface area contributed by atoms with Gasteiger partial charge in [-0.25, -0.2) is 9.80 Å². The van der Waals surface area contributed by atoms with Crippen LogP contribution in [0.2, 0.25) is 0 Å². The number of hydrogen-bond donors (Lipinski definition) is 3. The highest BCUT2D eigenvalue weighted by Gasteiger charge is 2.25. The summed E-state index contributed by atoms with van der Waals surface area (Å²) in [5.41, 5.74) is 8.31. The van der Waals surface area contributed by atoms with Gasteiger partial charge in [0.05, 0.1) is 6.54 Å². The number of carbonyl (C=O) groups excluding carboxylic acids is 4. The van der Waals surface area contributed by atoms with Crippen molar-refractivity contribution in [1.82, 2.24) is 15.8 Å². The first-order valence-corrected chi connectivity index (χ1v) is 9.22. The number of rotatable bonds is 10. The van der Waals surface area contributed by atoms with E-state index in [2.05, 4.69) is 17.3 Å². The van der Waals surface area contributed by atoms with Crippen molar-refractivity contribution in [2.24, 2.45) is 11.7 Å². The van der Waals surface area contributed by atoms with E-state index in [0.717, 1.165) is 16.6 Å². The Kier molecular flexibility index (Phi) is 12.6. The van der Waals surface area contributed by atoms with Crippen LogP contribution in [0.1, 0.15) is 32.3 Å². The number of ether oxygens (including phenoxy) is 1. The Balaban J connectivity index is 0.00000841. The van der Waals surface area contributed by atoms with Gasteiger partial charge in [-0.3, -0.25) is 19.8 Å². The molecule has 0 aliphatic carbocycles. The SMILES string of the molecule is C=CC(=O)N(CCC(N)=O)NC(=O)[C@H](CC(C)C)NC(=O)OCc1ccccc1.S. The largest absolute Gasteiger partial charge is 0.445 e. The van der Waals surface area contributed by atoms with E-state index in [1.165, 1.54) is 0 Å². The van der Waals surface area contributed by atoms with Crippen molar-refractivity contribution in [1.29, 1.82) is 0 Å². The molecule has 0 aliphatic rings. The summed E-state index contributed by atoms with van der Waals surface area (Å²) >= 11 is 0. The van der Waals surface area contributed by atoms with E-state index >= 15 is 0 Å². The predicted octanol–water partition coefficient (Wildman–Crippen LogP) is 1.36. The molecule has 0 bridgehead atoms. The molecule has 0 aromatic heterocycles. The summed E-state index contributed by atoms with van der Waals surface area (Å²) in [6, 6.07) is 8.17. The second-order valence-electron chi connectivity index (χ2n) is 6.77. The molecule has 0 aliphatic heterocycles. The molecule has 1 aromatic rings. The van der Waals surface area contributed by atoms with Gasteiger partial charge < -0.3 is 15.8 Å². The van der Waals surface area contributed by atoms with Gasteiger partial charge in [-0.15, -0.1) is 0 Å². The number of nitrogens with two attached hydrogens (primary N) is 1. The lowest BCUT2D eigenvalue weighted by atomic mass is 10.0. The molecule has 4 amide bonds. The zero-order valence-corrected chi connectivity index (χ0v) is 18.2. The van der Waals surface area contributed by atoms with Crippen LogP contribution in [0.15, 0.2) is 43.0 Å². The number of primary amides is 1. The number of amides is 4. The van der Waals surface area contributed by atoms with Crippen LogP contribution in [-0.4, -0.2) is 41.4 Å². The molecule has 4 N–H and O–H groups in total. The fourth-order valence-electron chi connectivity index (χ4n) is 2.37. The predicted molar refractivity (Wildman–Crippen MR) is 117 cm³/mol. The zero-order valence-electron chi connectivity index (χ0n) is 17.2. The highest BCUT2D eigenvalue weighted by atomic mass is 32.1. The summed E-state index contributed by atoms with van der Waals surface area (Å²) in [5, 5.41) is 3.45. The fraction of sp³-hybridized carbons (Fsp3) is 0.400. The van der Waals surface area contributed by atoms with E-state index in [1.807, 2.05) is 44.2 Å². The number of nitrogens with one attached hydrogen (secondary N) is 2. The van der Waals surface area contributed by atoms with E-state index in [-0.39, 0.29) is 39.0 Å². The van der Waals surface area contributed by atoms with Gasteiger partial charge in [0, 0.05) is 6.42 Å². The van der Waals surface area contributed by atoms with Crippen LogP contribution in [0.25, 0.3) is 0 Å². The minimum absolute atomic E-state index is 0. The molecule has 0 saturated carbocycles. The van der Waals surface area contributed by atoms with Crippen molar-refractivity contribution in [2.75, 3.05) is 6.54 Å². The van der Waals surface area contributed by atoms with E-state index < -0.39 is 29.9 Å². The molecular weight excluding hydrogens is 408 g/mol. The van der Waals surface area contributed by atoms with Gasteiger partial charge in [0.1, 0.15) is 12.6 Å². The molecule has 0 heterocycles. The Labute approximate surface area is 183 Å². The Morgan fingerprint density at radius 3 is 2.37 bits per heavy atom. The Hall–Kier alpha value is -3.01. The quantitative estimate of drug-likeness (QED) is 0.375. The van der Waals surface area contributed by atoms with Gasteiger partial charge in [0.25, 0.3) is 11.8 Å². The maximum Gasteiger partial charge on any atom is 0.408 e. The average molecular weight is 439 g/mol. The third kappa shape index (κ3) is 10.5. The molecule has 1 atom stereocenters. The summed E-state index contributed by atoms with van der Waals surface area (Å²) in [5.74, 6) is -1.76. The molecule has 0 fully saturated rings. The maximum atomic E-state index is 12.6. The standard InChI is InChI=1S/C20H28N4O5.H2S/c1-4-18(26)24(11-10-17(21)25)23-19(27)16(12-14(2)3)22-20(28)29-13-15-8-6-5-7-9-15;/h4-9,14,16H,1,10-13H2,2-3H3,(H2,21,25)(H,22,28)(H,23,27);1H2/t16-;/m0./s1. The second kappa shape index (κ2) is 14.0. The summed E-state index contributed by atoms with van der Waals surface area (Å²) in [4.78, 5) is 47.7. The maximum absolute atomic E-state index is 12.6. The second-order valence-corrected chi connectivity index (χ2v) is 6.77. The smallest absolute Gasteiger partial charge is 0.408 e. The van der Waals surface area contributed by atoms with Gasteiger partial charge in [-0.2, -0.15) is 13.5 Å². The topological polar surface area (TPSA) is 131 Å². The lowest BCUT2D eigenvalue weighted by molar-refractivity contribution is -0.139. The van der Waals surface area contributed by atoms with E-state index in [9.17, 15) is 19.2 Å². The molecule has 166 valence electrons. The van der Waals surface area contributed by atoms with Crippen LogP contribution in [-0.2, 0) is 25.7 Å². The highest BCUT2D eigenvalue weighted by molar-refractivity contribution is 7.59. The van der Waals surface area contributed by atoms with Gasteiger partial charge in [0.2, 0.25) is 5.91 Å². The zero-order chi connectivity index (χ0) is 21.8. The van der Waals surface area contributed by atoms with Crippen molar-refractivity contribution in [2.45, 2.75) is 39.3 Å². The monoisotopic (exact) mass is 438 g/mol. The van der Waals surface area contributed by atoms with E-state index in [0.29, 0.717) is 6.42 Å². The molecule has 1 rings (SSSR count). The van der Waals surface area contributed by atoms with Crippen molar-refractivity contribution in [3.05, 3.63) is 48.6 Å². The van der Waals surface area contributed by atoms with Gasteiger partial charge in [-0.05, 0) is 24.0 Å². The van der Waals surface area contributed by atoms with Crippen LogP contribution in [0.3, 0.4) is 0 Å². The molecule has 0 spiro atoms. The number of benzene rings is 1. The van der Waals surface area contributed by atoms with Gasteiger partial charge in [-0.1, -0.05) is 50.8 Å². The van der Waals surface area contributed by atoms with Crippen LogP contribution in [0, 0.1) is 5.92 Å². The summed E-state index contributed by atoms with van der Waals surface area (Å²) in [6.07, 6.45) is 0.424. The van der Waals surface area contributed by atoms with Crippen molar-refractivity contribution < 1.29 is 23.9 Å². The van der Waals surface area contributed by atoms with E-state index in [4.69, 9.17) is 10.5 Å². The number of alkyl carbamates (subject to hydrolysis) is 1. The summed E-state index contributed by atoms with van der Waals surface area (Å²) < 4.78 is 5.15. The van der Waals surface area contributed by atoms with E-state index in [1.54, 1.807) is 0 Å². The molecular formula is C20H30N4O5S.